The van der Waals surface area contributed by atoms with Gasteiger partial charge >= 0.3 is 0 Å². The highest BCUT2D eigenvalue weighted by molar-refractivity contribution is 6.35. The lowest BCUT2D eigenvalue weighted by molar-refractivity contribution is 0.914. The van der Waals surface area contributed by atoms with E-state index in [0.29, 0.717) is 5.15 Å². The van der Waals surface area contributed by atoms with Gasteiger partial charge in [-0.3, -0.25) is 0 Å². The van der Waals surface area contributed by atoms with Crippen LogP contribution in [-0.4, -0.2) is 14.5 Å². The maximum absolute atomic E-state index is 5.92. The fraction of sp³-hybridized carbons (Fsp3) is 0.250. The van der Waals surface area contributed by atoms with E-state index in [0.717, 1.165) is 16.7 Å². The number of hydrogen-bond donors (Lipinski definition) is 0. The number of aryl methyl sites for hydroxylation is 2. The zero-order valence-electron chi connectivity index (χ0n) is 7.17. The summed E-state index contributed by atoms with van der Waals surface area (Å²) in [4.78, 5) is 7.94. The van der Waals surface area contributed by atoms with E-state index in [-0.39, 0.29) is 5.28 Å². The van der Waals surface area contributed by atoms with Gasteiger partial charge in [0.2, 0.25) is 5.28 Å². The second-order valence-electron chi connectivity index (χ2n) is 2.86. The number of halogens is 2. The molecule has 0 unspecified atom stereocenters. The molecule has 0 amide bonds. The third-order valence-corrected chi connectivity index (χ3v) is 2.48. The van der Waals surface area contributed by atoms with E-state index in [9.17, 15) is 0 Å². The Balaban J connectivity index is 2.94. The van der Waals surface area contributed by atoms with Gasteiger partial charge < -0.3 is 4.57 Å². The first-order valence-corrected chi connectivity index (χ1v) is 4.50. The summed E-state index contributed by atoms with van der Waals surface area (Å²) in [6, 6.07) is 1.93. The molecule has 68 valence electrons. The average Bonchev–Trinajstić information content (AvgIpc) is 2.27. The van der Waals surface area contributed by atoms with Gasteiger partial charge in [0.05, 0.1) is 5.52 Å². The van der Waals surface area contributed by atoms with Crippen LogP contribution in [0.1, 0.15) is 5.69 Å². The fourth-order valence-electron chi connectivity index (χ4n) is 1.30. The maximum atomic E-state index is 5.92. The SMILES string of the molecule is Cc1cc2nc(Cl)nc(Cl)c2n1C. The molecule has 2 aromatic rings. The zero-order valence-corrected chi connectivity index (χ0v) is 8.69. The molecule has 0 aliphatic heterocycles. The summed E-state index contributed by atoms with van der Waals surface area (Å²) in [7, 11) is 1.92. The molecule has 5 heteroatoms. The van der Waals surface area contributed by atoms with Crippen molar-refractivity contribution in [1.82, 2.24) is 14.5 Å². The van der Waals surface area contributed by atoms with E-state index in [4.69, 9.17) is 23.2 Å². The first-order chi connectivity index (χ1) is 6.09. The van der Waals surface area contributed by atoms with Gasteiger partial charge in [-0.25, -0.2) is 9.97 Å². The maximum Gasteiger partial charge on any atom is 0.224 e. The van der Waals surface area contributed by atoms with Gasteiger partial charge in [-0.15, -0.1) is 0 Å². The Bertz CT molecular complexity index is 476. The molecule has 0 aliphatic carbocycles. The first-order valence-electron chi connectivity index (χ1n) is 3.74. The molecule has 2 rings (SSSR count). The van der Waals surface area contributed by atoms with Gasteiger partial charge in [0.15, 0.2) is 5.15 Å². The van der Waals surface area contributed by atoms with E-state index in [1.807, 2.05) is 24.6 Å². The Morgan fingerprint density at radius 3 is 2.69 bits per heavy atom. The highest BCUT2D eigenvalue weighted by Gasteiger charge is 2.09. The highest BCUT2D eigenvalue weighted by Crippen LogP contribution is 2.24. The van der Waals surface area contributed by atoms with Crippen LogP contribution in [0.4, 0.5) is 0 Å². The molecule has 0 bridgehead atoms. The first kappa shape index (κ1) is 8.78. The number of rotatable bonds is 0. The average molecular weight is 216 g/mol. The minimum Gasteiger partial charge on any atom is -0.344 e. The largest absolute Gasteiger partial charge is 0.344 e. The molecule has 0 N–H and O–H groups in total. The Labute approximate surface area is 85.3 Å². The van der Waals surface area contributed by atoms with Crippen LogP contribution in [0, 0.1) is 6.92 Å². The third kappa shape index (κ3) is 1.28. The predicted molar refractivity (Wildman–Crippen MR) is 53.3 cm³/mol. The van der Waals surface area contributed by atoms with Crippen LogP contribution in [0.15, 0.2) is 6.07 Å². The van der Waals surface area contributed by atoms with E-state index >= 15 is 0 Å². The number of fused-ring (bicyclic) bond motifs is 1. The van der Waals surface area contributed by atoms with Crippen LogP contribution < -0.4 is 0 Å². The molecule has 0 atom stereocenters. The lowest BCUT2D eigenvalue weighted by atomic mass is 10.4. The summed E-state index contributed by atoms with van der Waals surface area (Å²) >= 11 is 11.6. The van der Waals surface area contributed by atoms with Crippen LogP contribution in [0.3, 0.4) is 0 Å². The summed E-state index contributed by atoms with van der Waals surface area (Å²) < 4.78 is 1.94. The Morgan fingerprint density at radius 2 is 2.00 bits per heavy atom. The van der Waals surface area contributed by atoms with Crippen LogP contribution in [0.25, 0.3) is 11.0 Å². The molecule has 0 saturated heterocycles. The van der Waals surface area contributed by atoms with Crippen LogP contribution in [0.2, 0.25) is 10.4 Å². The monoisotopic (exact) mass is 215 g/mol. The van der Waals surface area contributed by atoms with Crippen molar-refractivity contribution in [2.24, 2.45) is 7.05 Å². The number of hydrogen-bond acceptors (Lipinski definition) is 2. The van der Waals surface area contributed by atoms with Crippen molar-refractivity contribution < 1.29 is 0 Å². The quantitative estimate of drug-likeness (QED) is 0.500. The molecule has 0 saturated carbocycles. The molecule has 0 aromatic carbocycles. The lowest BCUT2D eigenvalue weighted by Crippen LogP contribution is -1.92. The lowest BCUT2D eigenvalue weighted by Gasteiger charge is -1.99. The van der Waals surface area contributed by atoms with Gasteiger partial charge in [0.1, 0.15) is 5.52 Å². The molecule has 0 spiro atoms. The van der Waals surface area contributed by atoms with Crippen molar-refractivity contribution in [3.63, 3.8) is 0 Å². The minimum atomic E-state index is 0.183. The van der Waals surface area contributed by atoms with Gasteiger partial charge in [-0.1, -0.05) is 11.6 Å². The van der Waals surface area contributed by atoms with Crippen molar-refractivity contribution in [2.45, 2.75) is 6.92 Å². The molecule has 0 fully saturated rings. The summed E-state index contributed by atoms with van der Waals surface area (Å²) in [6.07, 6.45) is 0. The zero-order chi connectivity index (χ0) is 9.59. The highest BCUT2D eigenvalue weighted by atomic mass is 35.5. The minimum absolute atomic E-state index is 0.183. The standard InChI is InChI=1S/C8H7Cl2N3/c1-4-3-5-6(13(4)2)7(9)12-8(10)11-5/h3H,1-2H3. The summed E-state index contributed by atoms with van der Waals surface area (Å²) in [5.74, 6) is 0. The Hall–Kier alpha value is -0.800. The van der Waals surface area contributed by atoms with E-state index in [1.165, 1.54) is 0 Å². The second kappa shape index (κ2) is 2.86. The molecular formula is C8H7Cl2N3. The van der Waals surface area contributed by atoms with Gasteiger partial charge in [-0.2, -0.15) is 0 Å². The molecule has 2 heterocycles. The molecule has 2 aromatic heterocycles. The molecule has 13 heavy (non-hydrogen) atoms. The van der Waals surface area contributed by atoms with Crippen molar-refractivity contribution in [1.29, 1.82) is 0 Å². The second-order valence-corrected chi connectivity index (χ2v) is 3.56. The van der Waals surface area contributed by atoms with E-state index < -0.39 is 0 Å². The summed E-state index contributed by atoms with van der Waals surface area (Å²) in [5, 5.41) is 0.578. The summed E-state index contributed by atoms with van der Waals surface area (Å²) in [5.41, 5.74) is 2.68. The molecule has 3 nitrogen and oxygen atoms in total. The van der Waals surface area contributed by atoms with Gasteiger partial charge in [0.25, 0.3) is 0 Å². The fourth-order valence-corrected chi connectivity index (χ4v) is 1.82. The van der Waals surface area contributed by atoms with Crippen molar-refractivity contribution >= 4 is 34.2 Å². The Kier molecular flexibility index (Phi) is 1.93. The van der Waals surface area contributed by atoms with E-state index in [2.05, 4.69) is 9.97 Å². The van der Waals surface area contributed by atoms with Crippen LogP contribution >= 0.6 is 23.2 Å². The summed E-state index contributed by atoms with van der Waals surface area (Å²) in [6.45, 7) is 1.98. The number of nitrogens with zero attached hydrogens (tertiary/aromatic N) is 3. The number of aromatic nitrogens is 3. The van der Waals surface area contributed by atoms with Crippen molar-refractivity contribution in [3.8, 4) is 0 Å². The smallest absolute Gasteiger partial charge is 0.224 e. The van der Waals surface area contributed by atoms with Gasteiger partial charge in [-0.05, 0) is 24.6 Å². The third-order valence-electron chi connectivity index (χ3n) is 2.05. The van der Waals surface area contributed by atoms with Crippen LogP contribution in [-0.2, 0) is 7.05 Å². The normalized spacial score (nSPS) is 11.1. The van der Waals surface area contributed by atoms with Crippen molar-refractivity contribution in [3.05, 3.63) is 22.2 Å². The van der Waals surface area contributed by atoms with Gasteiger partial charge in [0, 0.05) is 12.7 Å². The molecular weight excluding hydrogens is 209 g/mol. The van der Waals surface area contributed by atoms with Crippen LogP contribution in [0.5, 0.6) is 0 Å². The Morgan fingerprint density at radius 1 is 1.31 bits per heavy atom. The van der Waals surface area contributed by atoms with E-state index in [1.54, 1.807) is 0 Å². The molecule has 0 aliphatic rings. The molecule has 0 radical (unpaired) electrons. The predicted octanol–water partition coefficient (Wildman–Crippen LogP) is 2.58. The van der Waals surface area contributed by atoms with Crippen molar-refractivity contribution in [2.75, 3.05) is 0 Å². The topological polar surface area (TPSA) is 30.7 Å².